The zero-order valence-corrected chi connectivity index (χ0v) is 18.8. The first-order valence-corrected chi connectivity index (χ1v) is 10.3. The Morgan fingerprint density at radius 3 is 2.48 bits per heavy atom. The summed E-state index contributed by atoms with van der Waals surface area (Å²) in [6, 6.07) is 1.91. The van der Waals surface area contributed by atoms with Gasteiger partial charge in [0.2, 0.25) is 11.7 Å². The summed E-state index contributed by atoms with van der Waals surface area (Å²) in [7, 11) is 1.07. The van der Waals surface area contributed by atoms with Crippen molar-refractivity contribution in [1.29, 1.82) is 0 Å². The van der Waals surface area contributed by atoms with Crippen LogP contribution in [0.25, 0.3) is 0 Å². The molecule has 1 aromatic heterocycles. The number of aryl methyl sites for hydroxylation is 2. The van der Waals surface area contributed by atoms with Crippen LogP contribution in [0.1, 0.15) is 42.3 Å². The molecule has 4 atom stereocenters. The first-order valence-electron chi connectivity index (χ1n) is 10.3. The maximum Gasteiger partial charge on any atom is 0.417 e. The van der Waals surface area contributed by atoms with E-state index in [2.05, 4.69) is 10.5 Å². The number of ether oxygens (including phenoxy) is 2. The van der Waals surface area contributed by atoms with Gasteiger partial charge >= 0.3 is 6.18 Å². The predicted octanol–water partition coefficient (Wildman–Crippen LogP) is 4.38. The molecule has 0 aliphatic carbocycles. The van der Waals surface area contributed by atoms with Gasteiger partial charge in [-0.3, -0.25) is 4.79 Å². The van der Waals surface area contributed by atoms with Gasteiger partial charge in [-0.15, -0.1) is 0 Å². The van der Waals surface area contributed by atoms with Gasteiger partial charge in [-0.2, -0.15) is 17.6 Å². The van der Waals surface area contributed by atoms with Gasteiger partial charge in [0.15, 0.2) is 17.2 Å². The van der Waals surface area contributed by atoms with Crippen molar-refractivity contribution in [2.75, 3.05) is 13.7 Å². The Morgan fingerprint density at radius 1 is 1.27 bits per heavy atom. The zero-order chi connectivity index (χ0) is 24.7. The first kappa shape index (κ1) is 24.9. The molecule has 182 valence electrons. The molecular formula is C22H25F5N2O4. The molecule has 0 unspecified atom stereocenters. The molecule has 1 aliphatic heterocycles. The van der Waals surface area contributed by atoms with E-state index < -0.39 is 53.0 Å². The van der Waals surface area contributed by atoms with E-state index in [1.807, 2.05) is 0 Å². The monoisotopic (exact) mass is 476 g/mol. The quantitative estimate of drug-likeness (QED) is 0.627. The number of aromatic nitrogens is 1. The van der Waals surface area contributed by atoms with Gasteiger partial charge in [0, 0.05) is 29.5 Å². The number of nitrogens with zero attached hydrogens (tertiary/aromatic N) is 1. The molecule has 6 nitrogen and oxygen atoms in total. The van der Waals surface area contributed by atoms with Gasteiger partial charge < -0.3 is 19.3 Å². The summed E-state index contributed by atoms with van der Waals surface area (Å²) in [4.78, 5) is 13.0. The lowest BCUT2D eigenvalue weighted by Gasteiger charge is -2.32. The number of benzene rings is 1. The van der Waals surface area contributed by atoms with E-state index in [1.54, 1.807) is 13.8 Å². The highest BCUT2D eigenvalue weighted by Crippen LogP contribution is 2.54. The second-order valence-electron chi connectivity index (χ2n) is 8.29. The molecular weight excluding hydrogens is 451 g/mol. The highest BCUT2D eigenvalue weighted by atomic mass is 19.4. The average Bonchev–Trinajstić information content (AvgIpc) is 3.21. The Morgan fingerprint density at radius 2 is 1.94 bits per heavy atom. The number of hydrogen-bond acceptors (Lipinski definition) is 5. The zero-order valence-electron chi connectivity index (χ0n) is 18.8. The van der Waals surface area contributed by atoms with Crippen LogP contribution in [-0.2, 0) is 16.0 Å². The molecule has 1 N–H and O–H groups in total. The SMILES string of the molecule is COc1c([C@H]2[C@H](C(=O)NCCc3c(C)noc3C)O[C@@](C)(C(F)(F)F)[C@H]2C)ccc(F)c1F. The van der Waals surface area contributed by atoms with Crippen molar-refractivity contribution in [3.63, 3.8) is 0 Å². The van der Waals surface area contributed by atoms with Crippen molar-refractivity contribution < 1.29 is 40.7 Å². The fourth-order valence-corrected chi connectivity index (χ4v) is 4.31. The molecule has 2 heterocycles. The van der Waals surface area contributed by atoms with Crippen LogP contribution in [-0.4, -0.2) is 42.6 Å². The van der Waals surface area contributed by atoms with E-state index in [1.165, 1.54) is 6.92 Å². The number of halogens is 5. The normalized spacial score (nSPS) is 25.3. The predicted molar refractivity (Wildman–Crippen MR) is 107 cm³/mol. The number of amides is 1. The topological polar surface area (TPSA) is 73.6 Å². The Bertz CT molecular complexity index is 1020. The first-order chi connectivity index (χ1) is 15.3. The fourth-order valence-electron chi connectivity index (χ4n) is 4.31. The number of nitrogens with one attached hydrogen (secondary N) is 1. The van der Waals surface area contributed by atoms with Crippen molar-refractivity contribution in [2.24, 2.45) is 5.92 Å². The van der Waals surface area contributed by atoms with Crippen molar-refractivity contribution in [3.05, 3.63) is 46.3 Å². The Kier molecular flexibility index (Phi) is 6.74. The van der Waals surface area contributed by atoms with Crippen molar-refractivity contribution >= 4 is 5.91 Å². The van der Waals surface area contributed by atoms with E-state index in [0.717, 1.165) is 31.7 Å². The van der Waals surface area contributed by atoms with Crippen LogP contribution in [0.3, 0.4) is 0 Å². The van der Waals surface area contributed by atoms with Gasteiger partial charge in [-0.1, -0.05) is 18.1 Å². The summed E-state index contributed by atoms with van der Waals surface area (Å²) in [6.45, 7) is 5.62. The molecule has 0 spiro atoms. The van der Waals surface area contributed by atoms with Crippen molar-refractivity contribution in [2.45, 2.75) is 57.9 Å². The van der Waals surface area contributed by atoms with Gasteiger partial charge in [-0.05, 0) is 33.3 Å². The number of carbonyl (C=O) groups excluding carboxylic acids is 1. The fraction of sp³-hybridized carbons (Fsp3) is 0.545. The highest BCUT2D eigenvalue weighted by Gasteiger charge is 2.65. The van der Waals surface area contributed by atoms with Crippen LogP contribution >= 0.6 is 0 Å². The Balaban J connectivity index is 1.93. The van der Waals surface area contributed by atoms with Crippen molar-refractivity contribution in [3.8, 4) is 5.75 Å². The van der Waals surface area contributed by atoms with Crippen LogP contribution in [0.2, 0.25) is 0 Å². The van der Waals surface area contributed by atoms with Crippen LogP contribution in [0.4, 0.5) is 22.0 Å². The lowest BCUT2D eigenvalue weighted by Crippen LogP contribution is -2.47. The van der Waals surface area contributed by atoms with E-state index in [4.69, 9.17) is 14.0 Å². The Hall–Kier alpha value is -2.69. The van der Waals surface area contributed by atoms with Gasteiger partial charge in [0.25, 0.3) is 0 Å². The number of methoxy groups -OCH3 is 1. The molecule has 1 fully saturated rings. The van der Waals surface area contributed by atoms with Crippen molar-refractivity contribution in [1.82, 2.24) is 10.5 Å². The summed E-state index contributed by atoms with van der Waals surface area (Å²) < 4.78 is 85.2. The second-order valence-corrected chi connectivity index (χ2v) is 8.29. The molecule has 1 aromatic carbocycles. The summed E-state index contributed by atoms with van der Waals surface area (Å²) in [5, 5.41) is 6.40. The molecule has 0 bridgehead atoms. The third-order valence-corrected chi connectivity index (χ3v) is 6.43. The van der Waals surface area contributed by atoms with Crippen LogP contribution in [0.5, 0.6) is 5.75 Å². The standard InChI is InChI=1S/C22H25F5N2O4/c1-10-16(14-6-7-15(23)17(24)18(14)31-5)19(32-21(10,4)22(25,26)27)20(30)28-9-8-13-11(2)29-33-12(13)3/h6-7,10,16,19H,8-9H2,1-5H3,(H,28,30)/t10-,16-,19+,21+/m0/s1. The van der Waals surface area contributed by atoms with Crippen LogP contribution in [0, 0.1) is 31.4 Å². The molecule has 1 amide bonds. The van der Waals surface area contributed by atoms with E-state index in [-0.39, 0.29) is 12.1 Å². The highest BCUT2D eigenvalue weighted by molar-refractivity contribution is 5.83. The maximum absolute atomic E-state index is 14.4. The van der Waals surface area contributed by atoms with Crippen LogP contribution in [0.15, 0.2) is 16.7 Å². The molecule has 2 aromatic rings. The largest absolute Gasteiger partial charge is 0.493 e. The molecule has 1 saturated heterocycles. The number of alkyl halides is 3. The molecule has 33 heavy (non-hydrogen) atoms. The smallest absolute Gasteiger partial charge is 0.417 e. The molecule has 1 aliphatic rings. The van der Waals surface area contributed by atoms with E-state index >= 15 is 0 Å². The number of hydrogen-bond donors (Lipinski definition) is 1. The third kappa shape index (κ3) is 4.30. The van der Waals surface area contributed by atoms with Crippen LogP contribution < -0.4 is 10.1 Å². The molecule has 3 rings (SSSR count). The summed E-state index contributed by atoms with van der Waals surface area (Å²) in [5.41, 5.74) is -1.36. The minimum Gasteiger partial charge on any atom is -0.493 e. The lowest BCUT2D eigenvalue weighted by atomic mass is 9.77. The average molecular weight is 476 g/mol. The molecule has 11 heteroatoms. The minimum absolute atomic E-state index is 0.0808. The second kappa shape index (κ2) is 8.92. The summed E-state index contributed by atoms with van der Waals surface area (Å²) in [5.74, 6) is -5.92. The number of carbonyl (C=O) groups is 1. The van der Waals surface area contributed by atoms with E-state index in [0.29, 0.717) is 17.9 Å². The third-order valence-electron chi connectivity index (χ3n) is 6.43. The Labute approximate surface area is 187 Å². The molecule has 0 saturated carbocycles. The summed E-state index contributed by atoms with van der Waals surface area (Å²) >= 11 is 0. The maximum atomic E-state index is 14.4. The minimum atomic E-state index is -4.82. The lowest BCUT2D eigenvalue weighted by molar-refractivity contribution is -0.272. The van der Waals surface area contributed by atoms with Gasteiger partial charge in [-0.25, -0.2) is 4.39 Å². The van der Waals surface area contributed by atoms with Gasteiger partial charge in [0.05, 0.1) is 12.8 Å². The summed E-state index contributed by atoms with van der Waals surface area (Å²) in [6.07, 6.45) is -6.09. The van der Waals surface area contributed by atoms with E-state index in [9.17, 15) is 26.7 Å². The number of rotatable bonds is 6. The van der Waals surface area contributed by atoms with Gasteiger partial charge in [0.1, 0.15) is 11.9 Å². The molecule has 0 radical (unpaired) electrons.